The second kappa shape index (κ2) is 8.67. The van der Waals surface area contributed by atoms with Crippen LogP contribution in [0.5, 0.6) is 0 Å². The summed E-state index contributed by atoms with van der Waals surface area (Å²) in [4.78, 5) is 44.4. The van der Waals surface area contributed by atoms with Gasteiger partial charge < -0.3 is 19.4 Å². The van der Waals surface area contributed by atoms with E-state index in [0.29, 0.717) is 49.1 Å². The maximum atomic E-state index is 12.7. The van der Waals surface area contributed by atoms with E-state index in [-0.39, 0.29) is 18.0 Å². The molecule has 0 aromatic carbocycles. The molecule has 0 saturated carbocycles. The van der Waals surface area contributed by atoms with Crippen molar-refractivity contribution in [3.05, 3.63) is 35.9 Å². The van der Waals surface area contributed by atoms with E-state index in [9.17, 15) is 9.59 Å². The van der Waals surface area contributed by atoms with Crippen LogP contribution in [0.3, 0.4) is 0 Å². The predicted molar refractivity (Wildman–Crippen MR) is 133 cm³/mol. The summed E-state index contributed by atoms with van der Waals surface area (Å²) < 4.78 is 7.42. The van der Waals surface area contributed by atoms with Crippen LogP contribution < -0.4 is 9.80 Å². The average Bonchev–Trinajstić information content (AvgIpc) is 3.16. The van der Waals surface area contributed by atoms with Crippen LogP contribution in [0.4, 0.5) is 16.3 Å². The van der Waals surface area contributed by atoms with Gasteiger partial charge in [0, 0.05) is 62.1 Å². The van der Waals surface area contributed by atoms with E-state index in [1.54, 1.807) is 28.1 Å². The number of amides is 2. The minimum atomic E-state index is -0.553. The van der Waals surface area contributed by atoms with Gasteiger partial charge in [-0.1, -0.05) is 11.6 Å². The molecule has 2 aliphatic heterocycles. The highest BCUT2D eigenvalue weighted by Gasteiger charge is 2.35. The quantitative estimate of drug-likeness (QED) is 0.509. The number of fused-ring (bicyclic) bond motifs is 1. The van der Waals surface area contributed by atoms with Gasteiger partial charge in [-0.3, -0.25) is 9.36 Å². The predicted octanol–water partition coefficient (Wildman–Crippen LogP) is 3.65. The Hall–Kier alpha value is -3.40. The highest BCUT2D eigenvalue weighted by molar-refractivity contribution is 6.30. The summed E-state index contributed by atoms with van der Waals surface area (Å²) in [5.74, 6) is 1.39. The molecule has 0 aliphatic carbocycles. The first kappa shape index (κ1) is 23.3. The lowest BCUT2D eigenvalue weighted by molar-refractivity contribution is -0.122. The number of carbonyl (C=O) groups excluding carboxylic acids is 2. The van der Waals surface area contributed by atoms with E-state index < -0.39 is 5.60 Å². The Bertz CT molecular complexity index is 1300. The molecule has 35 heavy (non-hydrogen) atoms. The van der Waals surface area contributed by atoms with E-state index in [4.69, 9.17) is 16.3 Å². The number of halogens is 1. The van der Waals surface area contributed by atoms with E-state index in [0.717, 1.165) is 16.9 Å². The molecule has 0 radical (unpaired) electrons. The summed E-state index contributed by atoms with van der Waals surface area (Å²) >= 11 is 6.22. The van der Waals surface area contributed by atoms with Gasteiger partial charge in [-0.2, -0.15) is 0 Å². The van der Waals surface area contributed by atoms with Crippen LogP contribution in [0.1, 0.15) is 34.1 Å². The molecule has 3 aromatic heterocycles. The largest absolute Gasteiger partial charge is 0.444 e. The first-order valence-corrected chi connectivity index (χ1v) is 12.0. The second-order valence-electron chi connectivity index (χ2n) is 9.88. The number of pyridine rings is 1. The van der Waals surface area contributed by atoms with Crippen LogP contribution in [-0.4, -0.2) is 74.2 Å². The number of nitrogens with zero attached hydrogens (tertiary/aromatic N) is 7. The molecule has 5 heterocycles. The van der Waals surface area contributed by atoms with Crippen molar-refractivity contribution >= 4 is 46.1 Å². The van der Waals surface area contributed by atoms with Crippen LogP contribution in [0.15, 0.2) is 30.9 Å². The number of ether oxygens (including phenoxy) is 1. The Morgan fingerprint density at radius 2 is 1.97 bits per heavy atom. The van der Waals surface area contributed by atoms with E-state index in [2.05, 4.69) is 19.9 Å². The fraction of sp³-hybridized carbons (Fsp3) is 0.458. The third-order valence-corrected chi connectivity index (χ3v) is 6.43. The van der Waals surface area contributed by atoms with Gasteiger partial charge in [0.2, 0.25) is 5.91 Å². The lowest BCUT2D eigenvalue weighted by Crippen LogP contribution is -2.55. The SMILES string of the molecule is CC1CN(c2ncnc3c2c(N2CCC2=O)cn3-c2cc(Cl)ccn2)CCN1C(=O)OC(C)(C)C. The number of hydrogen-bond acceptors (Lipinski definition) is 7. The van der Waals surface area contributed by atoms with Gasteiger partial charge in [0.15, 0.2) is 5.65 Å². The van der Waals surface area contributed by atoms with Crippen molar-refractivity contribution in [2.24, 2.45) is 0 Å². The van der Waals surface area contributed by atoms with Crippen LogP contribution in [-0.2, 0) is 9.53 Å². The molecule has 1 unspecified atom stereocenters. The standard InChI is InChI=1S/C24H28ClN7O3/c1-15-12-29(9-10-30(15)23(34)35-24(2,3)4)21-20-17(31-8-6-19(31)33)13-32(22(20)28-14-27-21)18-11-16(25)5-7-26-18/h5,7,11,13-15H,6,8-10,12H2,1-4H3. The van der Waals surface area contributed by atoms with Crippen molar-refractivity contribution in [3.63, 3.8) is 0 Å². The number of anilines is 2. The fourth-order valence-electron chi connectivity index (χ4n) is 4.48. The number of carbonyl (C=O) groups is 2. The molecule has 0 spiro atoms. The molecule has 3 aromatic rings. The number of piperazine rings is 1. The Morgan fingerprint density at radius 3 is 2.60 bits per heavy atom. The van der Waals surface area contributed by atoms with Crippen molar-refractivity contribution in [1.82, 2.24) is 24.4 Å². The lowest BCUT2D eigenvalue weighted by atomic mass is 10.1. The Labute approximate surface area is 208 Å². The lowest BCUT2D eigenvalue weighted by Gasteiger charge is -2.41. The number of rotatable bonds is 3. The average molecular weight is 498 g/mol. The number of aromatic nitrogens is 4. The highest BCUT2D eigenvalue weighted by atomic mass is 35.5. The first-order valence-electron chi connectivity index (χ1n) is 11.7. The van der Waals surface area contributed by atoms with E-state index in [1.807, 2.05) is 38.5 Å². The monoisotopic (exact) mass is 497 g/mol. The summed E-state index contributed by atoms with van der Waals surface area (Å²) in [5.41, 5.74) is 0.834. The molecule has 0 bridgehead atoms. The Kier molecular flexibility index (Phi) is 5.79. The maximum Gasteiger partial charge on any atom is 0.410 e. The summed E-state index contributed by atoms with van der Waals surface area (Å²) in [5, 5.41) is 1.33. The molecule has 2 amide bonds. The van der Waals surface area contributed by atoms with Gasteiger partial charge in [-0.15, -0.1) is 0 Å². The molecule has 184 valence electrons. The van der Waals surface area contributed by atoms with Gasteiger partial charge in [0.25, 0.3) is 0 Å². The Balaban J connectivity index is 1.53. The third-order valence-electron chi connectivity index (χ3n) is 6.19. The van der Waals surface area contributed by atoms with Crippen LogP contribution in [0.25, 0.3) is 16.9 Å². The smallest absolute Gasteiger partial charge is 0.410 e. The summed E-state index contributed by atoms with van der Waals surface area (Å²) in [6, 6.07) is 3.38. The van der Waals surface area contributed by atoms with Crippen molar-refractivity contribution in [1.29, 1.82) is 0 Å². The van der Waals surface area contributed by atoms with Crippen molar-refractivity contribution in [2.45, 2.75) is 45.8 Å². The molecule has 2 fully saturated rings. The molecular formula is C24H28ClN7O3. The zero-order valence-corrected chi connectivity index (χ0v) is 21.0. The van der Waals surface area contributed by atoms with Gasteiger partial charge in [0.05, 0.1) is 11.1 Å². The van der Waals surface area contributed by atoms with Gasteiger partial charge in [-0.05, 0) is 33.8 Å². The molecular weight excluding hydrogens is 470 g/mol. The third kappa shape index (κ3) is 4.38. The fourth-order valence-corrected chi connectivity index (χ4v) is 4.64. The van der Waals surface area contributed by atoms with Gasteiger partial charge in [-0.25, -0.2) is 19.7 Å². The highest BCUT2D eigenvalue weighted by Crippen LogP contribution is 2.38. The van der Waals surface area contributed by atoms with Gasteiger partial charge in [0.1, 0.15) is 23.6 Å². The number of hydrogen-bond donors (Lipinski definition) is 0. The van der Waals surface area contributed by atoms with Gasteiger partial charge >= 0.3 is 6.09 Å². The zero-order chi connectivity index (χ0) is 24.9. The molecule has 2 saturated heterocycles. The van der Waals surface area contributed by atoms with Crippen LogP contribution in [0.2, 0.25) is 5.02 Å². The second-order valence-corrected chi connectivity index (χ2v) is 10.3. The topological polar surface area (TPSA) is 96.7 Å². The molecule has 1 atom stereocenters. The molecule has 0 N–H and O–H groups in total. The normalized spacial score (nSPS) is 18.7. The maximum absolute atomic E-state index is 12.7. The molecule has 11 heteroatoms. The number of β-lactam (4-membered cyclic amide) rings is 1. The van der Waals surface area contributed by atoms with E-state index >= 15 is 0 Å². The van der Waals surface area contributed by atoms with Crippen LogP contribution >= 0.6 is 11.6 Å². The van der Waals surface area contributed by atoms with Crippen molar-refractivity contribution in [3.8, 4) is 5.82 Å². The molecule has 10 nitrogen and oxygen atoms in total. The summed E-state index contributed by atoms with van der Waals surface area (Å²) in [6.45, 7) is 9.86. The van der Waals surface area contributed by atoms with Crippen molar-refractivity contribution in [2.75, 3.05) is 36.0 Å². The first-order chi connectivity index (χ1) is 16.6. The van der Waals surface area contributed by atoms with Crippen molar-refractivity contribution < 1.29 is 14.3 Å². The van der Waals surface area contributed by atoms with E-state index in [1.165, 1.54) is 6.33 Å². The molecule has 2 aliphatic rings. The van der Waals surface area contributed by atoms with Crippen LogP contribution in [0, 0.1) is 0 Å². The summed E-state index contributed by atoms with van der Waals surface area (Å²) in [6.07, 6.45) is 5.22. The Morgan fingerprint density at radius 1 is 1.17 bits per heavy atom. The molecule has 5 rings (SSSR count). The minimum absolute atomic E-state index is 0.0565. The minimum Gasteiger partial charge on any atom is -0.444 e. The zero-order valence-electron chi connectivity index (χ0n) is 20.2. The summed E-state index contributed by atoms with van der Waals surface area (Å²) in [7, 11) is 0.